The van der Waals surface area contributed by atoms with Crippen LogP contribution in [0.1, 0.15) is 18.1 Å². The Bertz CT molecular complexity index is 884. The van der Waals surface area contributed by atoms with E-state index < -0.39 is 0 Å². The van der Waals surface area contributed by atoms with E-state index in [0.29, 0.717) is 24.0 Å². The summed E-state index contributed by atoms with van der Waals surface area (Å²) in [5.74, 6) is 0.648. The van der Waals surface area contributed by atoms with E-state index in [9.17, 15) is 4.79 Å². The molecule has 1 heterocycles. The van der Waals surface area contributed by atoms with Gasteiger partial charge in [-0.25, -0.2) is 0 Å². The number of amides is 1. The summed E-state index contributed by atoms with van der Waals surface area (Å²) >= 11 is 11.0. The van der Waals surface area contributed by atoms with Crippen LogP contribution in [0, 0.1) is 3.57 Å². The summed E-state index contributed by atoms with van der Waals surface area (Å²) in [5, 5.41) is 3.40. The van der Waals surface area contributed by atoms with Gasteiger partial charge in [-0.05, 0) is 99.1 Å². The van der Waals surface area contributed by atoms with Gasteiger partial charge in [0.15, 0.2) is 5.11 Å². The Labute approximate surface area is 179 Å². The Hall–Kier alpha value is -1.45. The van der Waals surface area contributed by atoms with Gasteiger partial charge in [0.1, 0.15) is 18.1 Å². The van der Waals surface area contributed by atoms with E-state index in [2.05, 4.69) is 56.0 Å². The summed E-state index contributed by atoms with van der Waals surface area (Å²) in [6.07, 6.45) is 1.79. The van der Waals surface area contributed by atoms with Crippen LogP contribution in [-0.4, -0.2) is 22.5 Å². The van der Waals surface area contributed by atoms with Crippen LogP contribution in [0.2, 0.25) is 0 Å². The standard InChI is InChI=1S/C19H16BrIN2O2S/c1-2-23-18(24)16(22-19(23)26)10-13-5-8-17(15(20)9-13)25-11-12-3-6-14(21)7-4-12/h3-10H,2,11H2,1H3,(H,22,26)/b16-10-. The van der Waals surface area contributed by atoms with Crippen LogP contribution in [-0.2, 0) is 11.4 Å². The summed E-state index contributed by atoms with van der Waals surface area (Å²) in [4.78, 5) is 13.8. The first-order chi connectivity index (χ1) is 12.5. The van der Waals surface area contributed by atoms with Gasteiger partial charge >= 0.3 is 0 Å². The van der Waals surface area contributed by atoms with Crippen molar-refractivity contribution in [3.63, 3.8) is 0 Å². The Morgan fingerprint density at radius 2 is 2.00 bits per heavy atom. The lowest BCUT2D eigenvalue weighted by molar-refractivity contribution is -0.122. The van der Waals surface area contributed by atoms with E-state index in [0.717, 1.165) is 21.3 Å². The van der Waals surface area contributed by atoms with Crippen LogP contribution in [0.25, 0.3) is 6.08 Å². The van der Waals surface area contributed by atoms with Crippen LogP contribution in [0.5, 0.6) is 5.75 Å². The van der Waals surface area contributed by atoms with Crippen LogP contribution in [0.3, 0.4) is 0 Å². The van der Waals surface area contributed by atoms with E-state index in [-0.39, 0.29) is 5.91 Å². The summed E-state index contributed by atoms with van der Waals surface area (Å²) in [7, 11) is 0. The van der Waals surface area contributed by atoms with Crippen LogP contribution in [0.15, 0.2) is 52.6 Å². The molecule has 4 nitrogen and oxygen atoms in total. The normalized spacial score (nSPS) is 15.5. The number of carbonyl (C=O) groups is 1. The molecule has 0 spiro atoms. The molecule has 1 aliphatic heterocycles. The van der Waals surface area contributed by atoms with Crippen molar-refractivity contribution >= 4 is 67.8 Å². The Morgan fingerprint density at radius 3 is 2.62 bits per heavy atom. The first-order valence-corrected chi connectivity index (χ1v) is 10.3. The molecule has 1 aliphatic rings. The quantitative estimate of drug-likeness (QED) is 0.337. The number of ether oxygens (including phenoxy) is 1. The highest BCUT2D eigenvalue weighted by atomic mass is 127. The van der Waals surface area contributed by atoms with E-state index in [4.69, 9.17) is 17.0 Å². The number of halogens is 2. The average Bonchev–Trinajstić information content (AvgIpc) is 2.88. The molecule has 26 heavy (non-hydrogen) atoms. The van der Waals surface area contributed by atoms with Gasteiger partial charge in [0.25, 0.3) is 5.91 Å². The largest absolute Gasteiger partial charge is 0.488 e. The fourth-order valence-electron chi connectivity index (χ4n) is 2.49. The molecule has 1 amide bonds. The Kier molecular flexibility index (Phi) is 6.31. The number of nitrogens with one attached hydrogen (secondary N) is 1. The van der Waals surface area contributed by atoms with Crippen molar-refractivity contribution in [1.82, 2.24) is 10.2 Å². The summed E-state index contributed by atoms with van der Waals surface area (Å²) < 4.78 is 7.91. The molecule has 1 fully saturated rings. The van der Waals surface area contributed by atoms with Crippen molar-refractivity contribution in [3.05, 3.63) is 67.3 Å². The molecule has 0 bridgehead atoms. The smallest absolute Gasteiger partial charge is 0.276 e. The minimum atomic E-state index is -0.104. The lowest BCUT2D eigenvalue weighted by Crippen LogP contribution is -2.30. The fraction of sp³-hybridized carbons (Fsp3) is 0.158. The highest BCUT2D eigenvalue weighted by Crippen LogP contribution is 2.28. The molecular formula is C19H16BrIN2O2S. The maximum Gasteiger partial charge on any atom is 0.276 e. The van der Waals surface area contributed by atoms with Gasteiger partial charge in [0.2, 0.25) is 0 Å². The molecule has 1 saturated heterocycles. The molecule has 0 aliphatic carbocycles. The summed E-state index contributed by atoms with van der Waals surface area (Å²) in [6, 6.07) is 13.9. The molecule has 2 aromatic rings. The molecule has 0 saturated carbocycles. The number of rotatable bonds is 5. The van der Waals surface area contributed by atoms with Gasteiger partial charge in [-0.15, -0.1) is 0 Å². The predicted octanol–water partition coefficient (Wildman–Crippen LogP) is 4.71. The third kappa shape index (κ3) is 4.44. The van der Waals surface area contributed by atoms with Gasteiger partial charge in [-0.2, -0.15) is 0 Å². The van der Waals surface area contributed by atoms with Crippen LogP contribution in [0.4, 0.5) is 0 Å². The first kappa shape index (κ1) is 19.3. The summed E-state index contributed by atoms with van der Waals surface area (Å²) in [6.45, 7) is 2.94. The maximum absolute atomic E-state index is 12.3. The number of benzene rings is 2. The zero-order valence-corrected chi connectivity index (χ0v) is 18.5. The van der Waals surface area contributed by atoms with Crippen LogP contribution < -0.4 is 10.1 Å². The van der Waals surface area contributed by atoms with Crippen molar-refractivity contribution in [3.8, 4) is 5.75 Å². The van der Waals surface area contributed by atoms with E-state index >= 15 is 0 Å². The van der Waals surface area contributed by atoms with E-state index in [1.165, 1.54) is 8.47 Å². The van der Waals surface area contributed by atoms with Gasteiger partial charge in [0.05, 0.1) is 4.47 Å². The molecule has 0 atom stereocenters. The van der Waals surface area contributed by atoms with Gasteiger partial charge in [0, 0.05) is 10.1 Å². The molecule has 1 N–H and O–H groups in total. The second-order valence-corrected chi connectivity index (χ2v) is 8.13. The van der Waals surface area contributed by atoms with Crippen molar-refractivity contribution < 1.29 is 9.53 Å². The minimum absolute atomic E-state index is 0.104. The molecule has 7 heteroatoms. The molecule has 3 rings (SSSR count). The van der Waals surface area contributed by atoms with Crippen molar-refractivity contribution in [2.45, 2.75) is 13.5 Å². The zero-order chi connectivity index (χ0) is 18.7. The highest BCUT2D eigenvalue weighted by Gasteiger charge is 2.28. The zero-order valence-electron chi connectivity index (χ0n) is 14.0. The number of hydrogen-bond donors (Lipinski definition) is 1. The molecule has 134 valence electrons. The SMILES string of the molecule is CCN1C(=O)/C(=C/c2ccc(OCc3ccc(I)cc3)c(Br)c2)NC1=S. The first-order valence-electron chi connectivity index (χ1n) is 7.99. The van der Waals surface area contributed by atoms with Gasteiger partial charge < -0.3 is 10.1 Å². The monoisotopic (exact) mass is 542 g/mol. The van der Waals surface area contributed by atoms with Crippen molar-refractivity contribution in [2.24, 2.45) is 0 Å². The highest BCUT2D eigenvalue weighted by molar-refractivity contribution is 14.1. The number of likely N-dealkylation sites (N-methyl/N-ethyl adjacent to an activating group) is 1. The fourth-order valence-corrected chi connectivity index (χ4v) is 3.68. The number of hydrogen-bond acceptors (Lipinski definition) is 3. The molecule has 2 aromatic carbocycles. The topological polar surface area (TPSA) is 41.6 Å². The number of thiocarbonyl (C=S) groups is 1. The lowest BCUT2D eigenvalue weighted by atomic mass is 10.2. The molecular weight excluding hydrogens is 527 g/mol. The number of nitrogens with zero attached hydrogens (tertiary/aromatic N) is 1. The number of carbonyl (C=O) groups excluding carboxylic acids is 1. The van der Waals surface area contributed by atoms with Gasteiger partial charge in [-0.3, -0.25) is 9.69 Å². The molecule has 0 unspecified atom stereocenters. The average molecular weight is 543 g/mol. The molecule has 0 aromatic heterocycles. The minimum Gasteiger partial charge on any atom is -0.488 e. The Morgan fingerprint density at radius 1 is 1.27 bits per heavy atom. The van der Waals surface area contributed by atoms with Crippen molar-refractivity contribution in [2.75, 3.05) is 6.54 Å². The van der Waals surface area contributed by atoms with E-state index in [1.807, 2.05) is 37.3 Å². The van der Waals surface area contributed by atoms with Gasteiger partial charge in [-0.1, -0.05) is 18.2 Å². The second-order valence-electron chi connectivity index (χ2n) is 5.64. The Balaban J connectivity index is 1.71. The van der Waals surface area contributed by atoms with Crippen LogP contribution >= 0.6 is 50.7 Å². The second kappa shape index (κ2) is 8.49. The third-order valence-corrected chi connectivity index (χ3v) is 5.51. The van der Waals surface area contributed by atoms with E-state index in [1.54, 1.807) is 6.08 Å². The van der Waals surface area contributed by atoms with Crippen molar-refractivity contribution in [1.29, 1.82) is 0 Å². The third-order valence-electron chi connectivity index (χ3n) is 3.85. The molecule has 0 radical (unpaired) electrons. The summed E-state index contributed by atoms with van der Waals surface area (Å²) in [5.41, 5.74) is 2.48. The maximum atomic E-state index is 12.3. The predicted molar refractivity (Wildman–Crippen MR) is 119 cm³/mol. The lowest BCUT2D eigenvalue weighted by Gasteiger charge is -2.09.